The lowest BCUT2D eigenvalue weighted by Gasteiger charge is -2.39. The van der Waals surface area contributed by atoms with Crippen molar-refractivity contribution in [3.63, 3.8) is 0 Å². The Labute approximate surface area is 158 Å². The number of H-pyrrole nitrogens is 1. The van der Waals surface area contributed by atoms with Gasteiger partial charge in [0.05, 0.1) is 6.04 Å². The zero-order valence-electron chi connectivity index (χ0n) is 16.4. The summed E-state index contributed by atoms with van der Waals surface area (Å²) in [5.74, 6) is 2.11. The van der Waals surface area contributed by atoms with Crippen molar-refractivity contribution in [1.29, 1.82) is 0 Å². The molecule has 146 valence electrons. The fraction of sp³-hybridized carbons (Fsp3) is 0.556. The first kappa shape index (κ1) is 18.9. The van der Waals surface area contributed by atoms with Crippen molar-refractivity contribution < 1.29 is 9.90 Å². The van der Waals surface area contributed by atoms with Crippen LogP contribution in [0.1, 0.15) is 33.4 Å². The molecule has 0 unspecified atom stereocenters. The van der Waals surface area contributed by atoms with E-state index >= 15 is 0 Å². The molecule has 0 aromatic carbocycles. The van der Waals surface area contributed by atoms with E-state index in [0.717, 1.165) is 5.69 Å². The van der Waals surface area contributed by atoms with Crippen LogP contribution in [-0.4, -0.2) is 60.9 Å². The number of nitrogens with one attached hydrogen (secondary N) is 2. The first-order valence-corrected chi connectivity index (χ1v) is 9.05. The highest BCUT2D eigenvalue weighted by atomic mass is 16.4. The van der Waals surface area contributed by atoms with Crippen LogP contribution < -0.4 is 10.2 Å². The second-order valence-corrected chi connectivity index (χ2v) is 8.05. The van der Waals surface area contributed by atoms with Crippen LogP contribution in [0, 0.1) is 12.8 Å². The van der Waals surface area contributed by atoms with Crippen molar-refractivity contribution in [2.75, 3.05) is 23.3 Å². The Morgan fingerprint density at radius 1 is 1.33 bits per heavy atom. The SMILES string of the molecule is Cc1cc(Nc2cc[nH]n2)nc(N2C[C@H](C)[C@@H](N(C(=O)O)C(C)(C)C)C2)n1. The Hall–Kier alpha value is -2.84. The summed E-state index contributed by atoms with van der Waals surface area (Å²) in [6.07, 6.45) is 0.837. The summed E-state index contributed by atoms with van der Waals surface area (Å²) in [6.45, 7) is 11.0. The molecule has 2 aromatic rings. The van der Waals surface area contributed by atoms with Crippen molar-refractivity contribution in [2.24, 2.45) is 5.92 Å². The largest absolute Gasteiger partial charge is 0.465 e. The Morgan fingerprint density at radius 3 is 2.67 bits per heavy atom. The van der Waals surface area contributed by atoms with E-state index in [9.17, 15) is 9.90 Å². The maximum absolute atomic E-state index is 11.9. The number of hydrogen-bond donors (Lipinski definition) is 3. The molecule has 3 N–H and O–H groups in total. The average molecular weight is 373 g/mol. The molecule has 2 atom stereocenters. The molecule has 0 radical (unpaired) electrons. The third kappa shape index (κ3) is 4.12. The number of rotatable bonds is 4. The number of amides is 1. The van der Waals surface area contributed by atoms with Crippen LogP contribution in [0.2, 0.25) is 0 Å². The summed E-state index contributed by atoms with van der Waals surface area (Å²) in [7, 11) is 0. The molecule has 27 heavy (non-hydrogen) atoms. The minimum absolute atomic E-state index is 0.116. The van der Waals surface area contributed by atoms with Crippen LogP contribution in [0.3, 0.4) is 0 Å². The number of nitrogens with zero attached hydrogens (tertiary/aromatic N) is 5. The van der Waals surface area contributed by atoms with Crippen LogP contribution in [0.15, 0.2) is 18.3 Å². The van der Waals surface area contributed by atoms with Gasteiger partial charge in [-0.25, -0.2) is 9.78 Å². The van der Waals surface area contributed by atoms with Gasteiger partial charge in [-0.1, -0.05) is 6.92 Å². The summed E-state index contributed by atoms with van der Waals surface area (Å²) < 4.78 is 0. The minimum Gasteiger partial charge on any atom is -0.465 e. The molecule has 0 saturated carbocycles. The number of anilines is 3. The molecule has 9 nitrogen and oxygen atoms in total. The molecule has 0 aliphatic carbocycles. The van der Waals surface area contributed by atoms with E-state index < -0.39 is 11.6 Å². The highest BCUT2D eigenvalue weighted by Gasteiger charge is 2.42. The highest BCUT2D eigenvalue weighted by Crippen LogP contribution is 2.30. The van der Waals surface area contributed by atoms with E-state index in [-0.39, 0.29) is 12.0 Å². The zero-order chi connectivity index (χ0) is 19.8. The van der Waals surface area contributed by atoms with Crippen LogP contribution in [-0.2, 0) is 0 Å². The van der Waals surface area contributed by atoms with Gasteiger partial charge >= 0.3 is 6.09 Å². The third-order valence-electron chi connectivity index (χ3n) is 4.72. The quantitative estimate of drug-likeness (QED) is 0.756. The minimum atomic E-state index is -0.896. The maximum Gasteiger partial charge on any atom is 0.408 e. The molecule has 1 aliphatic heterocycles. The van der Waals surface area contributed by atoms with E-state index in [1.54, 1.807) is 11.1 Å². The maximum atomic E-state index is 11.9. The van der Waals surface area contributed by atoms with E-state index in [1.165, 1.54) is 0 Å². The van der Waals surface area contributed by atoms with E-state index in [4.69, 9.17) is 0 Å². The molecule has 0 bridgehead atoms. The molecular weight excluding hydrogens is 346 g/mol. The smallest absolute Gasteiger partial charge is 0.408 e. The number of aryl methyl sites for hydroxylation is 1. The number of hydrogen-bond acceptors (Lipinski definition) is 6. The van der Waals surface area contributed by atoms with Crippen molar-refractivity contribution in [3.05, 3.63) is 24.0 Å². The summed E-state index contributed by atoms with van der Waals surface area (Å²) in [4.78, 5) is 24.6. The molecule has 1 aliphatic rings. The fourth-order valence-electron chi connectivity index (χ4n) is 3.59. The first-order valence-electron chi connectivity index (χ1n) is 9.05. The van der Waals surface area contributed by atoms with Crippen LogP contribution >= 0.6 is 0 Å². The van der Waals surface area contributed by atoms with Crippen LogP contribution in [0.25, 0.3) is 0 Å². The topological polar surface area (TPSA) is 110 Å². The monoisotopic (exact) mass is 373 g/mol. The van der Waals surface area contributed by atoms with Crippen molar-refractivity contribution in [1.82, 2.24) is 25.1 Å². The van der Waals surface area contributed by atoms with E-state index in [1.807, 2.05) is 39.8 Å². The second-order valence-electron chi connectivity index (χ2n) is 8.05. The number of carbonyl (C=O) groups is 1. The Morgan fingerprint density at radius 2 is 2.07 bits per heavy atom. The van der Waals surface area contributed by atoms with Crippen LogP contribution in [0.4, 0.5) is 22.4 Å². The van der Waals surface area contributed by atoms with Gasteiger partial charge in [0, 0.05) is 42.7 Å². The van der Waals surface area contributed by atoms with Gasteiger partial charge in [-0.05, 0) is 33.6 Å². The lowest BCUT2D eigenvalue weighted by molar-refractivity contribution is 0.0647. The van der Waals surface area contributed by atoms with Gasteiger partial charge in [-0.3, -0.25) is 10.00 Å². The third-order valence-corrected chi connectivity index (χ3v) is 4.72. The Balaban J connectivity index is 1.83. The summed E-state index contributed by atoms with van der Waals surface area (Å²) >= 11 is 0. The molecule has 0 spiro atoms. The molecule has 1 fully saturated rings. The van der Waals surface area contributed by atoms with Crippen LogP contribution in [0.5, 0.6) is 0 Å². The first-order chi connectivity index (χ1) is 12.6. The van der Waals surface area contributed by atoms with Crippen molar-refractivity contribution in [2.45, 2.75) is 46.2 Å². The summed E-state index contributed by atoms with van der Waals surface area (Å²) in [5.41, 5.74) is 0.362. The van der Waals surface area contributed by atoms with Gasteiger partial charge in [0.1, 0.15) is 5.82 Å². The van der Waals surface area contributed by atoms with Gasteiger partial charge in [0.15, 0.2) is 5.82 Å². The molecule has 3 heterocycles. The summed E-state index contributed by atoms with van der Waals surface area (Å²) in [5, 5.41) is 19.7. The number of aromatic amines is 1. The fourth-order valence-corrected chi connectivity index (χ4v) is 3.59. The van der Waals surface area contributed by atoms with Gasteiger partial charge in [-0.15, -0.1) is 0 Å². The Kier molecular flexibility index (Phi) is 4.95. The van der Waals surface area contributed by atoms with E-state index in [2.05, 4.69) is 37.3 Å². The normalized spacial score (nSPS) is 20.0. The summed E-state index contributed by atoms with van der Waals surface area (Å²) in [6, 6.07) is 3.56. The van der Waals surface area contributed by atoms with Gasteiger partial charge in [-0.2, -0.15) is 10.1 Å². The average Bonchev–Trinajstić information content (AvgIpc) is 3.16. The molecule has 9 heteroatoms. The van der Waals surface area contributed by atoms with E-state index in [0.29, 0.717) is 30.7 Å². The predicted octanol–water partition coefficient (Wildman–Crippen LogP) is 2.85. The van der Waals surface area contributed by atoms with Crippen molar-refractivity contribution in [3.8, 4) is 0 Å². The molecule has 3 rings (SSSR count). The predicted molar refractivity (Wildman–Crippen MR) is 103 cm³/mol. The second kappa shape index (κ2) is 7.05. The number of carboxylic acid groups (broad SMARTS) is 1. The lowest BCUT2D eigenvalue weighted by Crippen LogP contribution is -2.53. The zero-order valence-corrected chi connectivity index (χ0v) is 16.4. The standard InChI is InChI=1S/C18H27N7O2/c1-11-9-24(10-13(11)25(17(26)27)18(3,4)5)16-20-12(2)8-15(22-16)21-14-6-7-19-23-14/h6-8,11,13H,9-10H2,1-5H3,(H,26,27)(H2,19,20,21,22,23)/t11-,13-/m0/s1. The van der Waals surface area contributed by atoms with Gasteiger partial charge < -0.3 is 15.3 Å². The number of aromatic nitrogens is 4. The lowest BCUT2D eigenvalue weighted by atomic mass is 9.98. The highest BCUT2D eigenvalue weighted by molar-refractivity contribution is 5.67. The van der Waals surface area contributed by atoms with Gasteiger partial charge in [0.2, 0.25) is 5.95 Å². The molecule has 2 aromatic heterocycles. The molecule has 1 amide bonds. The van der Waals surface area contributed by atoms with Gasteiger partial charge in [0.25, 0.3) is 0 Å². The molecular formula is C18H27N7O2. The Bertz CT molecular complexity index is 801. The molecule has 1 saturated heterocycles. The van der Waals surface area contributed by atoms with Crippen molar-refractivity contribution >= 4 is 23.7 Å².